The zero-order chi connectivity index (χ0) is 15.2. The molecule has 0 N–H and O–H groups in total. The van der Waals surface area contributed by atoms with E-state index >= 15 is 0 Å². The van der Waals surface area contributed by atoms with Gasteiger partial charge in [-0.2, -0.15) is 0 Å². The van der Waals surface area contributed by atoms with E-state index < -0.39 is 0 Å². The van der Waals surface area contributed by atoms with Crippen molar-refractivity contribution in [2.75, 3.05) is 0 Å². The van der Waals surface area contributed by atoms with Crippen LogP contribution in [0.2, 0.25) is 0 Å². The molecule has 2 aromatic carbocycles. The van der Waals surface area contributed by atoms with Gasteiger partial charge in [-0.15, -0.1) is 0 Å². The minimum atomic E-state index is -0.293. The Kier molecular flexibility index (Phi) is 4.66. The topological polar surface area (TPSA) is 35.5 Å². The Morgan fingerprint density at radius 1 is 0.909 bits per heavy atom. The molecule has 3 heteroatoms. The van der Waals surface area contributed by atoms with Crippen LogP contribution in [0.3, 0.4) is 0 Å². The second kappa shape index (κ2) is 7.05. The van der Waals surface area contributed by atoms with Crippen LogP contribution >= 0.6 is 0 Å². The predicted octanol–water partition coefficient (Wildman–Crippen LogP) is 3.76. The minimum absolute atomic E-state index is 0.00576. The largest absolute Gasteiger partial charge is 0.454 e. The summed E-state index contributed by atoms with van der Waals surface area (Å²) in [4.78, 5) is 12.0. The molecule has 2 aromatic rings. The van der Waals surface area contributed by atoms with Gasteiger partial charge in [0, 0.05) is 6.42 Å². The van der Waals surface area contributed by atoms with E-state index in [-0.39, 0.29) is 18.2 Å². The molecule has 3 nitrogen and oxygen atoms in total. The molecule has 0 saturated carbocycles. The summed E-state index contributed by atoms with van der Waals surface area (Å²) in [7, 11) is 0. The van der Waals surface area contributed by atoms with E-state index in [9.17, 15) is 4.79 Å². The second-order valence-corrected chi connectivity index (χ2v) is 5.27. The molecular weight excluding hydrogens is 276 g/mol. The van der Waals surface area contributed by atoms with Gasteiger partial charge in [0.15, 0.2) is 0 Å². The average Bonchev–Trinajstić information content (AvgIpc) is 3.02. The highest BCUT2D eigenvalue weighted by atomic mass is 16.5. The summed E-state index contributed by atoms with van der Waals surface area (Å²) >= 11 is 0. The van der Waals surface area contributed by atoms with Gasteiger partial charge >= 0.3 is 5.97 Å². The Bertz CT molecular complexity index is 634. The maximum absolute atomic E-state index is 12.0. The van der Waals surface area contributed by atoms with Gasteiger partial charge in [0.25, 0.3) is 0 Å². The van der Waals surface area contributed by atoms with Gasteiger partial charge in [0.1, 0.15) is 6.10 Å². The Labute approximate surface area is 130 Å². The van der Waals surface area contributed by atoms with Crippen LogP contribution in [0.1, 0.15) is 22.3 Å². The van der Waals surface area contributed by atoms with Crippen molar-refractivity contribution in [3.05, 3.63) is 83.9 Å². The lowest BCUT2D eigenvalue weighted by Crippen LogP contribution is -2.18. The van der Waals surface area contributed by atoms with Gasteiger partial charge < -0.3 is 9.47 Å². The number of carbonyl (C=O) groups is 1. The molecule has 0 aliphatic heterocycles. The lowest BCUT2D eigenvalue weighted by Gasteiger charge is -2.14. The zero-order valence-electron chi connectivity index (χ0n) is 12.2. The molecule has 22 heavy (non-hydrogen) atoms. The third kappa shape index (κ3) is 3.83. The lowest BCUT2D eigenvalue weighted by atomic mass is 10.2. The number of ether oxygens (including phenoxy) is 2. The summed E-state index contributed by atoms with van der Waals surface area (Å²) in [6, 6.07) is 19.1. The van der Waals surface area contributed by atoms with Crippen molar-refractivity contribution in [1.29, 1.82) is 0 Å². The lowest BCUT2D eigenvalue weighted by molar-refractivity contribution is 0.0219. The van der Waals surface area contributed by atoms with Crippen molar-refractivity contribution in [1.82, 2.24) is 0 Å². The first kappa shape index (κ1) is 14.5. The van der Waals surface area contributed by atoms with Crippen molar-refractivity contribution in [2.24, 2.45) is 0 Å². The van der Waals surface area contributed by atoms with Crippen LogP contribution in [0.5, 0.6) is 0 Å². The molecule has 1 aliphatic carbocycles. The van der Waals surface area contributed by atoms with E-state index in [1.165, 1.54) is 0 Å². The third-order valence-electron chi connectivity index (χ3n) is 3.58. The molecule has 112 valence electrons. The van der Waals surface area contributed by atoms with Crippen LogP contribution in [0, 0.1) is 0 Å². The Morgan fingerprint density at radius 3 is 2.27 bits per heavy atom. The molecule has 2 atom stereocenters. The number of benzene rings is 2. The quantitative estimate of drug-likeness (QED) is 0.622. The van der Waals surface area contributed by atoms with Crippen LogP contribution in [0.4, 0.5) is 0 Å². The van der Waals surface area contributed by atoms with Crippen LogP contribution in [0.15, 0.2) is 72.8 Å². The van der Waals surface area contributed by atoms with Crippen LogP contribution in [-0.2, 0) is 16.1 Å². The van der Waals surface area contributed by atoms with Crippen molar-refractivity contribution in [3.63, 3.8) is 0 Å². The first-order valence-corrected chi connectivity index (χ1v) is 7.41. The molecule has 0 bridgehead atoms. The van der Waals surface area contributed by atoms with E-state index in [1.54, 1.807) is 12.1 Å². The van der Waals surface area contributed by atoms with Crippen LogP contribution < -0.4 is 0 Å². The van der Waals surface area contributed by atoms with Crippen LogP contribution in [-0.4, -0.2) is 18.2 Å². The summed E-state index contributed by atoms with van der Waals surface area (Å²) in [6.07, 6.45) is 4.32. The Hall–Kier alpha value is -2.39. The van der Waals surface area contributed by atoms with Gasteiger partial charge in [-0.05, 0) is 23.8 Å². The standard InChI is InChI=1S/C19H18O3/c20-19(16-9-5-2-6-10-16)22-18-12-11-17(13-18)21-14-15-7-3-1-4-8-15/h1-12,17-18H,13-14H2/t17-,18+/m0/s1. The highest BCUT2D eigenvalue weighted by molar-refractivity contribution is 5.89. The number of hydrogen-bond acceptors (Lipinski definition) is 3. The molecule has 1 aliphatic rings. The predicted molar refractivity (Wildman–Crippen MR) is 84.4 cm³/mol. The fourth-order valence-electron chi connectivity index (χ4n) is 2.40. The highest BCUT2D eigenvalue weighted by Crippen LogP contribution is 2.20. The smallest absolute Gasteiger partial charge is 0.338 e. The molecule has 0 heterocycles. The molecule has 0 fully saturated rings. The van der Waals surface area contributed by atoms with E-state index in [0.29, 0.717) is 18.6 Å². The van der Waals surface area contributed by atoms with E-state index in [0.717, 1.165) is 5.56 Å². The second-order valence-electron chi connectivity index (χ2n) is 5.27. The first-order valence-electron chi connectivity index (χ1n) is 7.41. The number of rotatable bonds is 5. The molecule has 0 saturated heterocycles. The molecule has 0 amide bonds. The average molecular weight is 294 g/mol. The van der Waals surface area contributed by atoms with Gasteiger partial charge in [-0.25, -0.2) is 4.79 Å². The Morgan fingerprint density at radius 2 is 1.55 bits per heavy atom. The third-order valence-corrected chi connectivity index (χ3v) is 3.58. The minimum Gasteiger partial charge on any atom is -0.454 e. The van der Waals surface area contributed by atoms with Gasteiger partial charge in [0.2, 0.25) is 0 Å². The van der Waals surface area contributed by atoms with Crippen molar-refractivity contribution in [2.45, 2.75) is 25.2 Å². The van der Waals surface area contributed by atoms with Crippen molar-refractivity contribution < 1.29 is 14.3 Å². The summed E-state index contributed by atoms with van der Waals surface area (Å²) in [5.74, 6) is -0.293. The molecule has 0 aromatic heterocycles. The van der Waals surface area contributed by atoms with Gasteiger partial charge in [-0.3, -0.25) is 0 Å². The maximum atomic E-state index is 12.0. The van der Waals surface area contributed by atoms with E-state index in [4.69, 9.17) is 9.47 Å². The number of esters is 1. The molecule has 0 unspecified atom stereocenters. The molecular formula is C19H18O3. The molecule has 0 radical (unpaired) electrons. The fraction of sp³-hybridized carbons (Fsp3) is 0.211. The summed E-state index contributed by atoms with van der Waals surface area (Å²) in [5.41, 5.74) is 1.71. The Balaban J connectivity index is 1.47. The van der Waals surface area contributed by atoms with Crippen molar-refractivity contribution >= 4 is 5.97 Å². The zero-order valence-corrected chi connectivity index (χ0v) is 12.2. The van der Waals surface area contributed by atoms with Crippen molar-refractivity contribution in [3.8, 4) is 0 Å². The van der Waals surface area contributed by atoms with Gasteiger partial charge in [-0.1, -0.05) is 54.6 Å². The highest BCUT2D eigenvalue weighted by Gasteiger charge is 2.23. The molecule has 0 spiro atoms. The fourth-order valence-corrected chi connectivity index (χ4v) is 2.40. The molecule has 3 rings (SSSR count). The summed E-state index contributed by atoms with van der Waals surface area (Å²) in [5, 5.41) is 0. The monoisotopic (exact) mass is 294 g/mol. The first-order chi connectivity index (χ1) is 10.8. The maximum Gasteiger partial charge on any atom is 0.338 e. The number of hydrogen-bond donors (Lipinski definition) is 0. The normalized spacial score (nSPS) is 20.0. The summed E-state index contributed by atoms with van der Waals surface area (Å²) < 4.78 is 11.3. The number of carbonyl (C=O) groups excluding carboxylic acids is 1. The van der Waals surface area contributed by atoms with E-state index in [1.807, 2.05) is 60.7 Å². The summed E-state index contributed by atoms with van der Waals surface area (Å²) in [6.45, 7) is 0.565. The SMILES string of the molecule is O=C(O[C@@H]1C=C[C@H](OCc2ccccc2)C1)c1ccccc1. The van der Waals surface area contributed by atoms with E-state index in [2.05, 4.69) is 0 Å². The van der Waals surface area contributed by atoms with Gasteiger partial charge in [0.05, 0.1) is 18.3 Å². The van der Waals surface area contributed by atoms with Crippen LogP contribution in [0.25, 0.3) is 0 Å².